The van der Waals surface area contributed by atoms with Crippen molar-refractivity contribution in [2.45, 2.75) is 33.1 Å². The van der Waals surface area contributed by atoms with E-state index in [1.54, 1.807) is 6.07 Å². The Morgan fingerprint density at radius 3 is 2.71 bits per heavy atom. The topological polar surface area (TPSA) is 26.3 Å². The number of hydrogen-bond acceptors (Lipinski definition) is 2. The molecule has 2 nitrogen and oxygen atoms in total. The summed E-state index contributed by atoms with van der Waals surface area (Å²) in [5.74, 6) is 0.0230. The van der Waals surface area contributed by atoms with Crippen LogP contribution in [0.1, 0.15) is 43.5 Å². The molecule has 0 saturated heterocycles. The molecule has 1 aromatic carbocycles. The molecule has 0 N–H and O–H groups in total. The lowest BCUT2D eigenvalue weighted by Gasteiger charge is -2.09. The molecule has 0 aliphatic heterocycles. The van der Waals surface area contributed by atoms with Crippen LogP contribution in [0.15, 0.2) is 18.2 Å². The van der Waals surface area contributed by atoms with Crippen molar-refractivity contribution in [1.29, 1.82) is 0 Å². The molecular weight excluding hydrogens is 219 g/mol. The van der Waals surface area contributed by atoms with Gasteiger partial charge in [-0.2, -0.15) is 0 Å². The van der Waals surface area contributed by atoms with Crippen LogP contribution in [-0.4, -0.2) is 12.9 Å². The van der Waals surface area contributed by atoms with Crippen molar-refractivity contribution in [2.24, 2.45) is 5.92 Å². The van der Waals surface area contributed by atoms with Gasteiger partial charge >= 0.3 is 0 Å². The number of halogens is 1. The van der Waals surface area contributed by atoms with Crippen LogP contribution in [0.5, 0.6) is 5.75 Å². The third kappa shape index (κ3) is 3.84. The second-order valence-corrected chi connectivity index (χ2v) is 4.37. The third-order valence-electron chi connectivity index (χ3n) is 2.79. The minimum Gasteiger partial charge on any atom is -0.494 e. The molecule has 94 valence electrons. The van der Waals surface area contributed by atoms with Crippen LogP contribution < -0.4 is 4.74 Å². The molecule has 0 aromatic heterocycles. The van der Waals surface area contributed by atoms with Crippen LogP contribution >= 0.6 is 0 Å². The largest absolute Gasteiger partial charge is 0.494 e. The number of Topliss-reactive ketones (excluding diaryl/α,β-unsaturated/α-hetero) is 1. The molecule has 1 rings (SSSR count). The molecule has 0 amide bonds. The van der Waals surface area contributed by atoms with E-state index in [-0.39, 0.29) is 11.5 Å². The fraction of sp³-hybridized carbons (Fsp3) is 0.500. The Kier molecular flexibility index (Phi) is 5.13. The first-order valence-corrected chi connectivity index (χ1v) is 5.95. The van der Waals surface area contributed by atoms with Gasteiger partial charge in [0.15, 0.2) is 17.3 Å². The van der Waals surface area contributed by atoms with Crippen molar-refractivity contribution in [3.8, 4) is 5.75 Å². The number of hydrogen-bond donors (Lipinski definition) is 0. The average molecular weight is 238 g/mol. The average Bonchev–Trinajstić information content (AvgIpc) is 2.29. The SMILES string of the molecule is CCCC(C)CC(=O)c1ccc(OC)c(F)c1. The molecule has 1 unspecified atom stereocenters. The van der Waals surface area contributed by atoms with Gasteiger partial charge in [0.1, 0.15) is 0 Å². The number of ketones is 1. The maximum Gasteiger partial charge on any atom is 0.165 e. The van der Waals surface area contributed by atoms with Crippen LogP contribution in [0.4, 0.5) is 4.39 Å². The molecule has 0 aliphatic carbocycles. The van der Waals surface area contributed by atoms with E-state index >= 15 is 0 Å². The zero-order valence-electron chi connectivity index (χ0n) is 10.6. The van der Waals surface area contributed by atoms with Crippen molar-refractivity contribution >= 4 is 5.78 Å². The number of benzene rings is 1. The molecule has 0 heterocycles. The zero-order valence-corrected chi connectivity index (χ0v) is 10.6. The second kappa shape index (κ2) is 6.38. The van der Waals surface area contributed by atoms with Crippen molar-refractivity contribution in [3.63, 3.8) is 0 Å². The fourth-order valence-corrected chi connectivity index (χ4v) is 1.87. The molecule has 1 aromatic rings. The lowest BCUT2D eigenvalue weighted by atomic mass is 9.96. The molecule has 0 bridgehead atoms. The Labute approximate surface area is 102 Å². The smallest absolute Gasteiger partial charge is 0.165 e. The van der Waals surface area contributed by atoms with Crippen LogP contribution in [0.25, 0.3) is 0 Å². The maximum atomic E-state index is 13.4. The molecule has 0 spiro atoms. The molecule has 0 fully saturated rings. The maximum absolute atomic E-state index is 13.4. The van der Waals surface area contributed by atoms with Gasteiger partial charge in [0.25, 0.3) is 0 Å². The Morgan fingerprint density at radius 2 is 2.18 bits per heavy atom. The standard InChI is InChI=1S/C14H19FO2/c1-4-5-10(2)8-13(16)11-6-7-14(17-3)12(15)9-11/h6-7,9-10H,4-5,8H2,1-3H3. The van der Waals surface area contributed by atoms with Gasteiger partial charge in [0.05, 0.1) is 7.11 Å². The number of rotatable bonds is 6. The normalized spacial score (nSPS) is 12.2. The number of ether oxygens (including phenoxy) is 1. The monoisotopic (exact) mass is 238 g/mol. The van der Waals surface area contributed by atoms with Crippen molar-refractivity contribution in [1.82, 2.24) is 0 Å². The summed E-state index contributed by atoms with van der Waals surface area (Å²) >= 11 is 0. The van der Waals surface area contributed by atoms with E-state index in [0.29, 0.717) is 17.9 Å². The first-order valence-electron chi connectivity index (χ1n) is 5.95. The van der Waals surface area contributed by atoms with Crippen molar-refractivity contribution in [3.05, 3.63) is 29.6 Å². The Balaban J connectivity index is 2.72. The van der Waals surface area contributed by atoms with Crippen LogP contribution in [-0.2, 0) is 0 Å². The summed E-state index contributed by atoms with van der Waals surface area (Å²) in [5, 5.41) is 0. The van der Waals surface area contributed by atoms with Crippen LogP contribution in [0, 0.1) is 11.7 Å². The van der Waals surface area contributed by atoms with Gasteiger partial charge in [-0.15, -0.1) is 0 Å². The summed E-state index contributed by atoms with van der Waals surface area (Å²) < 4.78 is 18.2. The van der Waals surface area contributed by atoms with Gasteiger partial charge in [-0.1, -0.05) is 26.7 Å². The van der Waals surface area contributed by atoms with Crippen molar-refractivity contribution in [2.75, 3.05) is 7.11 Å². The minimum absolute atomic E-state index is 0.00694. The van der Waals surface area contributed by atoms with E-state index < -0.39 is 5.82 Å². The van der Waals surface area contributed by atoms with Gasteiger partial charge in [0, 0.05) is 12.0 Å². The summed E-state index contributed by atoms with van der Waals surface area (Å²) in [4.78, 5) is 11.9. The summed E-state index contributed by atoms with van der Waals surface area (Å²) in [6.07, 6.45) is 2.55. The van der Waals surface area contributed by atoms with E-state index in [1.807, 2.05) is 6.92 Å². The first kappa shape index (κ1) is 13.7. The summed E-state index contributed by atoms with van der Waals surface area (Å²) in [5.41, 5.74) is 0.422. The molecule has 0 aliphatic rings. The number of carbonyl (C=O) groups is 1. The molecule has 0 saturated carbocycles. The van der Waals surface area contributed by atoms with Crippen molar-refractivity contribution < 1.29 is 13.9 Å². The van der Waals surface area contributed by atoms with Gasteiger partial charge < -0.3 is 4.74 Å². The Morgan fingerprint density at radius 1 is 1.47 bits per heavy atom. The highest BCUT2D eigenvalue weighted by molar-refractivity contribution is 5.96. The summed E-state index contributed by atoms with van der Waals surface area (Å²) in [6, 6.07) is 4.36. The number of carbonyl (C=O) groups excluding carboxylic acids is 1. The summed E-state index contributed by atoms with van der Waals surface area (Å²) in [7, 11) is 1.41. The van der Waals surface area contributed by atoms with Gasteiger partial charge in [-0.25, -0.2) is 4.39 Å². The second-order valence-electron chi connectivity index (χ2n) is 4.37. The van der Waals surface area contributed by atoms with E-state index in [9.17, 15) is 9.18 Å². The number of methoxy groups -OCH3 is 1. The highest BCUT2D eigenvalue weighted by atomic mass is 19.1. The third-order valence-corrected chi connectivity index (χ3v) is 2.79. The predicted molar refractivity (Wildman–Crippen MR) is 66.0 cm³/mol. The quantitative estimate of drug-likeness (QED) is 0.704. The zero-order chi connectivity index (χ0) is 12.8. The molecular formula is C14H19FO2. The van der Waals surface area contributed by atoms with Gasteiger partial charge in [-0.3, -0.25) is 4.79 Å². The first-order chi connectivity index (χ1) is 8.08. The van der Waals surface area contributed by atoms with Gasteiger partial charge in [0.2, 0.25) is 0 Å². The van der Waals surface area contributed by atoms with E-state index in [2.05, 4.69) is 6.92 Å². The van der Waals surface area contributed by atoms with Gasteiger partial charge in [-0.05, 0) is 24.1 Å². The Bertz CT molecular complexity index is 388. The summed E-state index contributed by atoms with van der Waals surface area (Å²) in [6.45, 7) is 4.13. The Hall–Kier alpha value is -1.38. The van der Waals surface area contributed by atoms with E-state index in [1.165, 1.54) is 19.2 Å². The minimum atomic E-state index is -0.485. The molecule has 17 heavy (non-hydrogen) atoms. The van der Waals surface area contributed by atoms with Crippen LogP contribution in [0.3, 0.4) is 0 Å². The molecule has 3 heteroatoms. The lowest BCUT2D eigenvalue weighted by molar-refractivity contribution is 0.0962. The highest BCUT2D eigenvalue weighted by Crippen LogP contribution is 2.20. The molecule has 0 radical (unpaired) electrons. The van der Waals surface area contributed by atoms with E-state index in [0.717, 1.165) is 12.8 Å². The lowest BCUT2D eigenvalue weighted by Crippen LogP contribution is -2.06. The fourth-order valence-electron chi connectivity index (χ4n) is 1.87. The molecule has 1 atom stereocenters. The van der Waals surface area contributed by atoms with Crippen LogP contribution in [0.2, 0.25) is 0 Å². The predicted octanol–water partition coefficient (Wildman–Crippen LogP) is 3.84. The van der Waals surface area contributed by atoms with E-state index in [4.69, 9.17) is 4.74 Å². The highest BCUT2D eigenvalue weighted by Gasteiger charge is 2.13.